The quantitative estimate of drug-likeness (QED) is 0.768. The molecule has 1 aromatic rings. The Morgan fingerprint density at radius 1 is 1.62 bits per heavy atom. The number of methoxy groups -OCH3 is 1. The van der Waals surface area contributed by atoms with Crippen LogP contribution >= 0.6 is 0 Å². The lowest BCUT2D eigenvalue weighted by atomic mass is 10.2. The minimum Gasteiger partial charge on any atom is -0.478 e. The highest BCUT2D eigenvalue weighted by Crippen LogP contribution is 2.07. The Hall–Kier alpha value is -1.62. The smallest absolute Gasteiger partial charge is 0.337 e. The van der Waals surface area contributed by atoms with Crippen LogP contribution in [0.2, 0.25) is 0 Å². The Morgan fingerprint density at radius 2 is 2.38 bits per heavy atom. The van der Waals surface area contributed by atoms with E-state index < -0.39 is 5.97 Å². The van der Waals surface area contributed by atoms with Gasteiger partial charge in [-0.2, -0.15) is 0 Å². The lowest BCUT2D eigenvalue weighted by Gasteiger charge is -2.13. The third kappa shape index (κ3) is 3.86. The van der Waals surface area contributed by atoms with Gasteiger partial charge in [-0.1, -0.05) is 0 Å². The molecule has 0 saturated carbocycles. The average Bonchev–Trinajstić information content (AvgIpc) is 2.27. The van der Waals surface area contributed by atoms with Crippen LogP contribution in [0.4, 0.5) is 5.82 Å². The van der Waals surface area contributed by atoms with E-state index in [1.807, 2.05) is 6.92 Å². The summed E-state index contributed by atoms with van der Waals surface area (Å²) in [4.78, 5) is 14.6. The number of nitrogens with one attached hydrogen (secondary N) is 1. The largest absolute Gasteiger partial charge is 0.478 e. The fourth-order valence-electron chi connectivity index (χ4n) is 1.23. The van der Waals surface area contributed by atoms with Crippen molar-refractivity contribution in [1.82, 2.24) is 4.98 Å². The first-order valence-corrected chi connectivity index (χ1v) is 5.08. The van der Waals surface area contributed by atoms with Gasteiger partial charge >= 0.3 is 5.97 Å². The van der Waals surface area contributed by atoms with Gasteiger partial charge in [0.05, 0.1) is 5.56 Å². The molecule has 5 heteroatoms. The molecule has 0 saturated heterocycles. The summed E-state index contributed by atoms with van der Waals surface area (Å²) in [6, 6.07) is 3.43. The molecule has 0 aliphatic rings. The number of anilines is 1. The molecule has 1 heterocycles. The number of pyridine rings is 1. The second-order valence-corrected chi connectivity index (χ2v) is 3.56. The molecule has 16 heavy (non-hydrogen) atoms. The van der Waals surface area contributed by atoms with Crippen LogP contribution in [-0.4, -0.2) is 35.8 Å². The lowest BCUT2D eigenvalue weighted by molar-refractivity contribution is 0.0696. The highest BCUT2D eigenvalue weighted by molar-refractivity contribution is 5.87. The maximum absolute atomic E-state index is 10.6. The molecule has 5 nitrogen and oxygen atoms in total. The molecule has 1 atom stereocenters. The van der Waals surface area contributed by atoms with E-state index in [-0.39, 0.29) is 11.6 Å². The third-order valence-corrected chi connectivity index (χ3v) is 2.16. The standard InChI is InChI=1S/C11H16N2O3/c1-8(5-6-16-2)13-10-4-3-9(7-12-10)11(14)15/h3-4,7-8H,5-6H2,1-2H3,(H,12,13)(H,14,15). The summed E-state index contributed by atoms with van der Waals surface area (Å²) in [5, 5.41) is 11.9. The number of carboxylic acid groups (broad SMARTS) is 1. The highest BCUT2D eigenvalue weighted by Gasteiger charge is 2.05. The molecular weight excluding hydrogens is 208 g/mol. The van der Waals surface area contributed by atoms with Crippen molar-refractivity contribution in [3.8, 4) is 0 Å². The summed E-state index contributed by atoms with van der Waals surface area (Å²) in [5.41, 5.74) is 0.190. The van der Waals surface area contributed by atoms with E-state index >= 15 is 0 Å². The number of hydrogen-bond donors (Lipinski definition) is 2. The van der Waals surface area contributed by atoms with Crippen molar-refractivity contribution in [3.05, 3.63) is 23.9 Å². The van der Waals surface area contributed by atoms with Crippen molar-refractivity contribution in [2.75, 3.05) is 19.0 Å². The van der Waals surface area contributed by atoms with Crippen LogP contribution in [0, 0.1) is 0 Å². The van der Waals surface area contributed by atoms with E-state index in [0.29, 0.717) is 12.4 Å². The van der Waals surface area contributed by atoms with Crippen LogP contribution in [0.25, 0.3) is 0 Å². The summed E-state index contributed by atoms with van der Waals surface area (Å²) in [7, 11) is 1.66. The number of aromatic nitrogens is 1. The molecule has 1 unspecified atom stereocenters. The number of hydrogen-bond acceptors (Lipinski definition) is 4. The normalized spacial score (nSPS) is 12.1. The molecule has 0 spiro atoms. The second-order valence-electron chi connectivity index (χ2n) is 3.56. The van der Waals surface area contributed by atoms with Crippen molar-refractivity contribution in [1.29, 1.82) is 0 Å². The summed E-state index contributed by atoms with van der Waals surface area (Å²) >= 11 is 0. The van der Waals surface area contributed by atoms with Crippen LogP contribution < -0.4 is 5.32 Å². The number of nitrogens with zero attached hydrogens (tertiary/aromatic N) is 1. The number of carboxylic acids is 1. The van der Waals surface area contributed by atoms with E-state index in [1.54, 1.807) is 13.2 Å². The predicted molar refractivity (Wildman–Crippen MR) is 60.8 cm³/mol. The van der Waals surface area contributed by atoms with E-state index in [0.717, 1.165) is 6.42 Å². The van der Waals surface area contributed by atoms with Gasteiger partial charge < -0.3 is 15.2 Å². The topological polar surface area (TPSA) is 71.5 Å². The Bertz CT molecular complexity index is 338. The first-order chi connectivity index (χ1) is 7.63. The van der Waals surface area contributed by atoms with Crippen LogP contribution in [0.3, 0.4) is 0 Å². The van der Waals surface area contributed by atoms with E-state index in [4.69, 9.17) is 9.84 Å². The van der Waals surface area contributed by atoms with Crippen molar-refractivity contribution >= 4 is 11.8 Å². The van der Waals surface area contributed by atoms with E-state index in [2.05, 4.69) is 10.3 Å². The third-order valence-electron chi connectivity index (χ3n) is 2.16. The zero-order chi connectivity index (χ0) is 12.0. The van der Waals surface area contributed by atoms with Gasteiger partial charge in [0.25, 0.3) is 0 Å². The molecule has 88 valence electrons. The zero-order valence-corrected chi connectivity index (χ0v) is 9.43. The number of carbonyl (C=O) groups is 1. The minimum atomic E-state index is -0.966. The van der Waals surface area contributed by atoms with Gasteiger partial charge in [0.15, 0.2) is 0 Å². The molecular formula is C11H16N2O3. The molecule has 0 aromatic carbocycles. The number of aromatic carboxylic acids is 1. The molecule has 0 amide bonds. The van der Waals surface area contributed by atoms with Gasteiger partial charge in [0.1, 0.15) is 5.82 Å². The van der Waals surface area contributed by atoms with Gasteiger partial charge in [-0.15, -0.1) is 0 Å². The summed E-state index contributed by atoms with van der Waals surface area (Å²) < 4.78 is 4.96. The summed E-state index contributed by atoms with van der Waals surface area (Å²) in [6.07, 6.45) is 2.21. The van der Waals surface area contributed by atoms with Gasteiger partial charge in [-0.3, -0.25) is 0 Å². The molecule has 0 aliphatic carbocycles. The SMILES string of the molecule is COCCC(C)Nc1ccc(C(=O)O)cn1. The van der Waals surface area contributed by atoms with Crippen molar-refractivity contribution in [2.45, 2.75) is 19.4 Å². The molecule has 2 N–H and O–H groups in total. The monoisotopic (exact) mass is 224 g/mol. The zero-order valence-electron chi connectivity index (χ0n) is 9.43. The van der Waals surface area contributed by atoms with Crippen LogP contribution in [0.15, 0.2) is 18.3 Å². The molecule has 0 bridgehead atoms. The Balaban J connectivity index is 2.51. The molecule has 1 aromatic heterocycles. The molecule has 0 fully saturated rings. The summed E-state index contributed by atoms with van der Waals surface area (Å²) in [6.45, 7) is 2.70. The van der Waals surface area contributed by atoms with Crippen LogP contribution in [0.1, 0.15) is 23.7 Å². The van der Waals surface area contributed by atoms with Crippen LogP contribution in [0.5, 0.6) is 0 Å². The highest BCUT2D eigenvalue weighted by atomic mass is 16.5. The number of ether oxygens (including phenoxy) is 1. The van der Waals surface area contributed by atoms with Crippen molar-refractivity contribution in [3.63, 3.8) is 0 Å². The molecule has 0 aliphatic heterocycles. The summed E-state index contributed by atoms with van der Waals surface area (Å²) in [5.74, 6) is -0.292. The lowest BCUT2D eigenvalue weighted by Crippen LogP contribution is -2.18. The first-order valence-electron chi connectivity index (χ1n) is 5.08. The Kier molecular flexibility index (Phi) is 4.72. The maximum Gasteiger partial charge on any atom is 0.337 e. The molecule has 0 radical (unpaired) electrons. The second kappa shape index (κ2) is 6.07. The predicted octanol–water partition coefficient (Wildman–Crippen LogP) is 1.62. The van der Waals surface area contributed by atoms with Crippen LogP contribution in [-0.2, 0) is 4.74 Å². The average molecular weight is 224 g/mol. The van der Waals surface area contributed by atoms with Crippen molar-refractivity contribution < 1.29 is 14.6 Å². The van der Waals surface area contributed by atoms with Gasteiger partial charge in [0, 0.05) is 26.0 Å². The number of rotatable bonds is 6. The fourth-order valence-corrected chi connectivity index (χ4v) is 1.23. The fraction of sp³-hybridized carbons (Fsp3) is 0.455. The van der Waals surface area contributed by atoms with E-state index in [9.17, 15) is 4.79 Å². The van der Waals surface area contributed by atoms with Gasteiger partial charge in [0.2, 0.25) is 0 Å². The van der Waals surface area contributed by atoms with E-state index in [1.165, 1.54) is 12.3 Å². The Morgan fingerprint density at radius 3 is 2.88 bits per heavy atom. The molecule has 1 rings (SSSR count). The Labute approximate surface area is 94.5 Å². The maximum atomic E-state index is 10.6. The first kappa shape index (κ1) is 12.4. The van der Waals surface area contributed by atoms with Crippen molar-refractivity contribution in [2.24, 2.45) is 0 Å². The van der Waals surface area contributed by atoms with Gasteiger partial charge in [-0.25, -0.2) is 9.78 Å². The minimum absolute atomic E-state index is 0.190. The van der Waals surface area contributed by atoms with Gasteiger partial charge in [-0.05, 0) is 25.5 Å².